The molecule has 5 nitrogen and oxygen atoms in total. The van der Waals surface area contributed by atoms with Crippen molar-refractivity contribution in [3.63, 3.8) is 0 Å². The highest BCUT2D eigenvalue weighted by Gasteiger charge is 2.44. The molecule has 0 aliphatic carbocycles. The first-order chi connectivity index (χ1) is 32.0. The Balaban J connectivity index is 1.14. The summed E-state index contributed by atoms with van der Waals surface area (Å²) >= 11 is 0. The van der Waals surface area contributed by atoms with Gasteiger partial charge >= 0.3 is 0 Å². The third kappa shape index (κ3) is 5.32. The van der Waals surface area contributed by atoms with E-state index in [1.54, 1.807) is 0 Å². The average molecular weight is 850 g/mol. The van der Waals surface area contributed by atoms with Gasteiger partial charge < -0.3 is 4.57 Å². The minimum atomic E-state index is -3.09. The zero-order chi connectivity index (χ0) is 43.3. The third-order valence-electron chi connectivity index (χ3n) is 14.1. The number of aromatic nitrogens is 4. The molecule has 0 N–H and O–H groups in total. The number of para-hydroxylation sites is 3. The molecule has 12 aromatic rings. The summed E-state index contributed by atoms with van der Waals surface area (Å²) in [6.45, 7) is 4.70. The number of imidazole rings is 1. The molecule has 13 rings (SSSR count). The van der Waals surface area contributed by atoms with Gasteiger partial charge in [-0.25, -0.2) is 9.97 Å². The maximum Gasteiger partial charge on any atom is 0.179 e. The van der Waals surface area contributed by atoms with Crippen LogP contribution in [0.25, 0.3) is 54.8 Å². The van der Waals surface area contributed by atoms with Gasteiger partial charge in [0.1, 0.15) is 11.5 Å². The molecule has 1 aliphatic heterocycles. The van der Waals surface area contributed by atoms with Gasteiger partial charge in [-0.1, -0.05) is 178 Å². The SMILES string of the molecule is CC1(C)c2cccnc2N(c2cccc([Si](c3ccccc3)(c3ccccc3)c3ccc4c5ccccc5n5ccnc5c4c3)c2)c2c1ccc1c3ccccc3n(-c3ccccc3)c21. The number of pyridine rings is 2. The van der Waals surface area contributed by atoms with E-state index in [0.717, 1.165) is 39.4 Å². The molecule has 0 saturated carbocycles. The Morgan fingerprint density at radius 3 is 1.80 bits per heavy atom. The molecule has 6 heteroatoms. The molecule has 5 heterocycles. The van der Waals surface area contributed by atoms with Crippen LogP contribution in [0.3, 0.4) is 0 Å². The second-order valence-electron chi connectivity index (χ2n) is 17.8. The molecule has 65 heavy (non-hydrogen) atoms. The summed E-state index contributed by atoms with van der Waals surface area (Å²) < 4.78 is 4.71. The molecule has 1 aliphatic rings. The van der Waals surface area contributed by atoms with Crippen LogP contribution in [-0.4, -0.2) is 27.0 Å². The van der Waals surface area contributed by atoms with E-state index < -0.39 is 8.07 Å². The largest absolute Gasteiger partial charge is 0.307 e. The van der Waals surface area contributed by atoms with Gasteiger partial charge in [-0.2, -0.15) is 0 Å². The van der Waals surface area contributed by atoms with Crippen LogP contribution < -0.4 is 25.6 Å². The van der Waals surface area contributed by atoms with E-state index in [-0.39, 0.29) is 5.41 Å². The normalized spacial score (nSPS) is 13.5. The van der Waals surface area contributed by atoms with Crippen LogP contribution in [0.2, 0.25) is 0 Å². The molecule has 308 valence electrons. The van der Waals surface area contributed by atoms with Gasteiger partial charge in [0, 0.05) is 62.5 Å². The fourth-order valence-electron chi connectivity index (χ4n) is 11.2. The van der Waals surface area contributed by atoms with Crippen LogP contribution >= 0.6 is 0 Å². The summed E-state index contributed by atoms with van der Waals surface area (Å²) in [5, 5.41) is 11.2. The molecule has 0 unspecified atom stereocenters. The van der Waals surface area contributed by atoms with Crippen molar-refractivity contribution < 1.29 is 0 Å². The quantitative estimate of drug-likeness (QED) is 0.0950. The van der Waals surface area contributed by atoms with Crippen LogP contribution in [0.1, 0.15) is 25.0 Å². The van der Waals surface area contributed by atoms with E-state index in [1.165, 1.54) is 64.5 Å². The maximum atomic E-state index is 5.30. The fraction of sp³-hybridized carbons (Fsp3) is 0.0508. The fourth-order valence-corrected chi connectivity index (χ4v) is 16.0. The van der Waals surface area contributed by atoms with Crippen LogP contribution in [0.15, 0.2) is 225 Å². The van der Waals surface area contributed by atoms with Crippen molar-refractivity contribution in [2.24, 2.45) is 0 Å². The molecule has 4 aromatic heterocycles. The lowest BCUT2D eigenvalue weighted by Crippen LogP contribution is -2.74. The molecular formula is C59H43N5Si. The van der Waals surface area contributed by atoms with Gasteiger partial charge in [0.15, 0.2) is 8.07 Å². The Kier molecular flexibility index (Phi) is 8.20. The van der Waals surface area contributed by atoms with Crippen LogP contribution in [0.4, 0.5) is 17.2 Å². The molecular weight excluding hydrogens is 807 g/mol. The van der Waals surface area contributed by atoms with Gasteiger partial charge in [0.2, 0.25) is 0 Å². The van der Waals surface area contributed by atoms with Crippen molar-refractivity contribution >= 4 is 95.1 Å². The van der Waals surface area contributed by atoms with Gasteiger partial charge in [0.05, 0.1) is 22.2 Å². The summed E-state index contributed by atoms with van der Waals surface area (Å²) in [4.78, 5) is 12.8. The van der Waals surface area contributed by atoms with Crippen molar-refractivity contribution in [2.45, 2.75) is 19.3 Å². The second kappa shape index (κ2) is 14.2. The number of fused-ring (bicyclic) bond motifs is 12. The van der Waals surface area contributed by atoms with Crippen LogP contribution in [0.5, 0.6) is 0 Å². The molecule has 0 radical (unpaired) electrons. The Hall–Kier alpha value is -8.06. The third-order valence-corrected chi connectivity index (χ3v) is 18.9. The number of hydrogen-bond donors (Lipinski definition) is 0. The van der Waals surface area contributed by atoms with Gasteiger partial charge in [-0.05, 0) is 74.2 Å². The monoisotopic (exact) mass is 849 g/mol. The van der Waals surface area contributed by atoms with Crippen LogP contribution in [-0.2, 0) is 5.41 Å². The molecule has 0 spiro atoms. The smallest absolute Gasteiger partial charge is 0.179 e. The Bertz CT molecular complexity index is 3780. The molecule has 0 amide bonds. The number of anilines is 3. The molecule has 8 aromatic carbocycles. The highest BCUT2D eigenvalue weighted by Crippen LogP contribution is 2.54. The average Bonchev–Trinajstić information content (AvgIpc) is 4.00. The number of nitrogens with zero attached hydrogens (tertiary/aromatic N) is 5. The molecule has 0 saturated heterocycles. The van der Waals surface area contributed by atoms with Gasteiger partial charge in [0.25, 0.3) is 0 Å². The second-order valence-corrected chi connectivity index (χ2v) is 21.6. The molecule has 0 bridgehead atoms. The van der Waals surface area contributed by atoms with E-state index in [4.69, 9.17) is 9.97 Å². The summed E-state index contributed by atoms with van der Waals surface area (Å²) in [6.07, 6.45) is 5.96. The summed E-state index contributed by atoms with van der Waals surface area (Å²) in [6, 6.07) is 76.5. The Morgan fingerprint density at radius 2 is 1.05 bits per heavy atom. The molecule has 0 atom stereocenters. The predicted octanol–water partition coefficient (Wildman–Crippen LogP) is 11.6. The number of rotatable bonds is 6. The summed E-state index contributed by atoms with van der Waals surface area (Å²) in [5.41, 5.74) is 9.94. The van der Waals surface area contributed by atoms with E-state index in [9.17, 15) is 0 Å². The van der Waals surface area contributed by atoms with E-state index >= 15 is 0 Å². The number of hydrogen-bond acceptors (Lipinski definition) is 3. The van der Waals surface area contributed by atoms with Crippen molar-refractivity contribution in [3.8, 4) is 5.69 Å². The first kappa shape index (κ1) is 37.5. The lowest BCUT2D eigenvalue weighted by Gasteiger charge is -2.42. The van der Waals surface area contributed by atoms with Crippen molar-refractivity contribution in [2.75, 3.05) is 4.90 Å². The van der Waals surface area contributed by atoms with Crippen LogP contribution in [0, 0.1) is 0 Å². The predicted molar refractivity (Wildman–Crippen MR) is 273 cm³/mol. The lowest BCUT2D eigenvalue weighted by atomic mass is 9.74. The maximum absolute atomic E-state index is 5.30. The van der Waals surface area contributed by atoms with E-state index in [0.29, 0.717) is 0 Å². The summed E-state index contributed by atoms with van der Waals surface area (Å²) in [5.74, 6) is 0.950. The van der Waals surface area contributed by atoms with Gasteiger partial charge in [-0.3, -0.25) is 9.30 Å². The minimum absolute atomic E-state index is 0.334. The van der Waals surface area contributed by atoms with Crippen molar-refractivity contribution in [1.29, 1.82) is 0 Å². The zero-order valence-corrected chi connectivity index (χ0v) is 37.1. The first-order valence-electron chi connectivity index (χ1n) is 22.4. The van der Waals surface area contributed by atoms with E-state index in [2.05, 4.69) is 240 Å². The number of benzene rings is 8. The van der Waals surface area contributed by atoms with Gasteiger partial charge in [-0.15, -0.1) is 0 Å². The van der Waals surface area contributed by atoms with Crippen molar-refractivity contribution in [3.05, 3.63) is 236 Å². The Morgan fingerprint density at radius 1 is 0.431 bits per heavy atom. The zero-order valence-electron chi connectivity index (χ0n) is 36.1. The Labute approximate surface area is 378 Å². The standard InChI is InChI=1S/C59H43N5Si/c1-59(2)51-34-33-49-48-27-13-15-30-54(48)63(40-18-6-3-7-19-40)55(49)56(51)64(58-52(59)28-17-35-60-58)41-20-16-25-44(38-41)65(42-21-8-4-9-22-42,43-23-10-5-11-24-43)45-31-32-46-47-26-12-14-29-53(47)62-37-36-61-57(62)50(46)39-45/h3-39H,1-2H3. The lowest BCUT2D eigenvalue weighted by molar-refractivity contribution is 0.628. The van der Waals surface area contributed by atoms with E-state index in [1.807, 2.05) is 12.4 Å². The highest BCUT2D eigenvalue weighted by molar-refractivity contribution is 7.20. The highest BCUT2D eigenvalue weighted by atomic mass is 28.3. The topological polar surface area (TPSA) is 38.4 Å². The van der Waals surface area contributed by atoms with Crippen molar-refractivity contribution in [1.82, 2.24) is 18.9 Å². The first-order valence-corrected chi connectivity index (χ1v) is 24.4. The molecule has 0 fully saturated rings. The summed E-state index contributed by atoms with van der Waals surface area (Å²) in [7, 11) is -3.09. The minimum Gasteiger partial charge on any atom is -0.307 e.